The number of aromatic nitrogens is 1. The van der Waals surface area contributed by atoms with Crippen molar-refractivity contribution in [3.05, 3.63) is 42.4 Å². The van der Waals surface area contributed by atoms with E-state index in [1.807, 2.05) is 37.3 Å². The summed E-state index contributed by atoms with van der Waals surface area (Å²) in [6, 6.07) is 9.79. The number of hydrogen-bond donors (Lipinski definition) is 1. The lowest BCUT2D eigenvalue weighted by Gasteiger charge is -2.35. The Kier molecular flexibility index (Phi) is 5.71. The van der Waals surface area contributed by atoms with Crippen molar-refractivity contribution < 1.29 is 19.1 Å². The minimum absolute atomic E-state index is 0.00892. The molecule has 0 radical (unpaired) electrons. The first-order valence-electron chi connectivity index (χ1n) is 9.05. The van der Waals surface area contributed by atoms with Crippen molar-refractivity contribution in [2.45, 2.75) is 32.6 Å². The molecule has 1 aliphatic heterocycles. The number of aryl methyl sites for hydroxylation is 1. The monoisotopic (exact) mass is 356 g/mol. The molecule has 0 bridgehead atoms. The highest BCUT2D eigenvalue weighted by Crippen LogP contribution is 2.24. The number of nitrogens with zero attached hydrogens (tertiary/aromatic N) is 2. The summed E-state index contributed by atoms with van der Waals surface area (Å²) in [6.07, 6.45) is 3.95. The molecule has 1 aromatic carbocycles. The molecule has 2 aromatic rings. The third-order valence-electron chi connectivity index (χ3n) is 4.97. The highest BCUT2D eigenvalue weighted by Gasteiger charge is 2.32. The van der Waals surface area contributed by atoms with Gasteiger partial charge in [0, 0.05) is 31.5 Å². The fourth-order valence-electron chi connectivity index (χ4n) is 3.45. The SMILES string of the molecule is CC1CN(C(=O)CCCc2ncc(-c3ccccc3)o2)CCC1C(=O)O. The number of rotatable bonds is 6. The predicted molar refractivity (Wildman–Crippen MR) is 96.4 cm³/mol. The Morgan fingerprint density at radius 1 is 1.31 bits per heavy atom. The van der Waals surface area contributed by atoms with Crippen molar-refractivity contribution in [2.24, 2.45) is 11.8 Å². The van der Waals surface area contributed by atoms with Crippen LogP contribution in [-0.4, -0.2) is 40.0 Å². The zero-order valence-electron chi connectivity index (χ0n) is 14.9. The number of likely N-dealkylation sites (tertiary alicyclic amines) is 1. The fraction of sp³-hybridized carbons (Fsp3) is 0.450. The van der Waals surface area contributed by atoms with Gasteiger partial charge in [0.05, 0.1) is 12.1 Å². The molecule has 1 fully saturated rings. The van der Waals surface area contributed by atoms with E-state index in [1.54, 1.807) is 11.1 Å². The smallest absolute Gasteiger partial charge is 0.306 e. The lowest BCUT2D eigenvalue weighted by atomic mass is 9.87. The quantitative estimate of drug-likeness (QED) is 0.859. The molecule has 0 saturated carbocycles. The standard InChI is InChI=1S/C20H24N2O4/c1-14-13-22(11-10-16(14)20(24)25)19(23)9-5-8-18-21-12-17(26-18)15-6-3-2-4-7-15/h2-4,6-7,12,14,16H,5,8-11,13H2,1H3,(H,24,25). The van der Waals surface area contributed by atoms with Gasteiger partial charge in [0.2, 0.25) is 5.91 Å². The Morgan fingerprint density at radius 2 is 2.08 bits per heavy atom. The van der Waals surface area contributed by atoms with Crippen LogP contribution >= 0.6 is 0 Å². The van der Waals surface area contributed by atoms with Gasteiger partial charge in [0.15, 0.2) is 11.7 Å². The highest BCUT2D eigenvalue weighted by atomic mass is 16.4. The predicted octanol–water partition coefficient (Wildman–Crippen LogP) is 3.23. The second-order valence-electron chi connectivity index (χ2n) is 6.89. The summed E-state index contributed by atoms with van der Waals surface area (Å²) in [6.45, 7) is 2.94. The Morgan fingerprint density at radius 3 is 2.77 bits per heavy atom. The molecule has 2 heterocycles. The van der Waals surface area contributed by atoms with E-state index in [1.165, 1.54) is 0 Å². The van der Waals surface area contributed by atoms with Gasteiger partial charge in [-0.2, -0.15) is 0 Å². The van der Waals surface area contributed by atoms with Crippen molar-refractivity contribution in [3.63, 3.8) is 0 Å². The number of piperidine rings is 1. The van der Waals surface area contributed by atoms with Crippen LogP contribution in [0.4, 0.5) is 0 Å². The largest absolute Gasteiger partial charge is 0.481 e. The van der Waals surface area contributed by atoms with E-state index in [2.05, 4.69) is 4.98 Å². The van der Waals surface area contributed by atoms with Gasteiger partial charge in [-0.05, 0) is 18.8 Å². The van der Waals surface area contributed by atoms with Gasteiger partial charge < -0.3 is 14.4 Å². The molecular formula is C20H24N2O4. The van der Waals surface area contributed by atoms with Crippen LogP contribution in [0.2, 0.25) is 0 Å². The Hall–Kier alpha value is -2.63. The number of carbonyl (C=O) groups is 2. The molecule has 1 aliphatic rings. The van der Waals surface area contributed by atoms with Crippen molar-refractivity contribution in [1.29, 1.82) is 0 Å². The number of amides is 1. The zero-order valence-corrected chi connectivity index (χ0v) is 14.9. The van der Waals surface area contributed by atoms with Crippen LogP contribution < -0.4 is 0 Å². The molecule has 1 saturated heterocycles. The van der Waals surface area contributed by atoms with Crippen molar-refractivity contribution in [1.82, 2.24) is 9.88 Å². The second-order valence-corrected chi connectivity index (χ2v) is 6.89. The topological polar surface area (TPSA) is 83.6 Å². The van der Waals surface area contributed by atoms with Gasteiger partial charge in [-0.25, -0.2) is 4.98 Å². The van der Waals surface area contributed by atoms with Crippen LogP contribution in [0.15, 0.2) is 40.9 Å². The van der Waals surface area contributed by atoms with Crippen molar-refractivity contribution in [3.8, 4) is 11.3 Å². The van der Waals surface area contributed by atoms with Gasteiger partial charge in [-0.15, -0.1) is 0 Å². The molecule has 1 aromatic heterocycles. The van der Waals surface area contributed by atoms with E-state index in [9.17, 15) is 9.59 Å². The summed E-state index contributed by atoms with van der Waals surface area (Å²) in [5, 5.41) is 9.16. The van der Waals surface area contributed by atoms with Gasteiger partial charge >= 0.3 is 5.97 Å². The normalized spacial score (nSPS) is 20.1. The Labute approximate surface area is 152 Å². The van der Waals surface area contributed by atoms with Crippen molar-refractivity contribution >= 4 is 11.9 Å². The molecular weight excluding hydrogens is 332 g/mol. The molecule has 6 nitrogen and oxygen atoms in total. The first kappa shape index (κ1) is 18.2. The third-order valence-corrected chi connectivity index (χ3v) is 4.97. The number of benzene rings is 1. The highest BCUT2D eigenvalue weighted by molar-refractivity contribution is 5.77. The number of carbonyl (C=O) groups excluding carboxylic acids is 1. The maximum absolute atomic E-state index is 12.4. The van der Waals surface area contributed by atoms with E-state index >= 15 is 0 Å². The fourth-order valence-corrected chi connectivity index (χ4v) is 3.45. The molecule has 138 valence electrons. The van der Waals surface area contributed by atoms with E-state index < -0.39 is 5.97 Å². The number of hydrogen-bond acceptors (Lipinski definition) is 4. The lowest BCUT2D eigenvalue weighted by Crippen LogP contribution is -2.44. The summed E-state index contributed by atoms with van der Waals surface area (Å²) < 4.78 is 5.75. The van der Waals surface area contributed by atoms with Gasteiger partial charge in [0.25, 0.3) is 0 Å². The summed E-state index contributed by atoms with van der Waals surface area (Å²) in [4.78, 5) is 29.6. The van der Waals surface area contributed by atoms with Crippen LogP contribution in [0.3, 0.4) is 0 Å². The third kappa shape index (κ3) is 4.31. The molecule has 2 unspecified atom stereocenters. The molecule has 1 amide bonds. The van der Waals surface area contributed by atoms with E-state index in [-0.39, 0.29) is 17.7 Å². The van der Waals surface area contributed by atoms with Crippen LogP contribution in [0.5, 0.6) is 0 Å². The minimum atomic E-state index is -0.761. The number of aliphatic carboxylic acids is 1. The van der Waals surface area contributed by atoms with E-state index in [4.69, 9.17) is 9.52 Å². The van der Waals surface area contributed by atoms with Crippen LogP contribution in [0, 0.1) is 11.8 Å². The summed E-state index contributed by atoms with van der Waals surface area (Å²) >= 11 is 0. The van der Waals surface area contributed by atoms with E-state index in [0.29, 0.717) is 44.7 Å². The molecule has 0 spiro atoms. The molecule has 26 heavy (non-hydrogen) atoms. The molecule has 0 aliphatic carbocycles. The van der Waals surface area contributed by atoms with Crippen LogP contribution in [-0.2, 0) is 16.0 Å². The van der Waals surface area contributed by atoms with Gasteiger partial charge in [0.1, 0.15) is 0 Å². The molecule has 6 heteroatoms. The summed E-state index contributed by atoms with van der Waals surface area (Å²) in [5.41, 5.74) is 0.984. The van der Waals surface area contributed by atoms with Gasteiger partial charge in [-0.1, -0.05) is 37.3 Å². The Bertz CT molecular complexity index is 756. The average Bonchev–Trinajstić information content (AvgIpc) is 3.11. The first-order valence-corrected chi connectivity index (χ1v) is 9.05. The van der Waals surface area contributed by atoms with Gasteiger partial charge in [-0.3, -0.25) is 9.59 Å². The summed E-state index contributed by atoms with van der Waals surface area (Å²) in [7, 11) is 0. The number of carboxylic acid groups (broad SMARTS) is 1. The maximum atomic E-state index is 12.4. The molecule has 1 N–H and O–H groups in total. The first-order chi connectivity index (χ1) is 12.5. The summed E-state index contributed by atoms with van der Waals surface area (Å²) in [5.74, 6) is 0.331. The number of oxazole rings is 1. The van der Waals surface area contributed by atoms with Crippen molar-refractivity contribution in [2.75, 3.05) is 13.1 Å². The Balaban J connectivity index is 1.46. The second kappa shape index (κ2) is 8.17. The zero-order chi connectivity index (χ0) is 18.5. The molecule has 2 atom stereocenters. The lowest BCUT2D eigenvalue weighted by molar-refractivity contribution is -0.148. The van der Waals surface area contributed by atoms with Crippen LogP contribution in [0.1, 0.15) is 32.1 Å². The maximum Gasteiger partial charge on any atom is 0.306 e. The number of carboxylic acids is 1. The molecule has 3 rings (SSSR count). The minimum Gasteiger partial charge on any atom is -0.481 e. The van der Waals surface area contributed by atoms with E-state index in [0.717, 1.165) is 11.3 Å². The van der Waals surface area contributed by atoms with Crippen LogP contribution in [0.25, 0.3) is 11.3 Å². The average molecular weight is 356 g/mol.